The molecule has 7 heteroatoms. The maximum absolute atomic E-state index is 13.1. The van der Waals surface area contributed by atoms with E-state index >= 15 is 0 Å². The van der Waals surface area contributed by atoms with E-state index in [1.54, 1.807) is 24.5 Å². The summed E-state index contributed by atoms with van der Waals surface area (Å²) in [5, 5.41) is -0.0676. The van der Waals surface area contributed by atoms with Crippen molar-refractivity contribution in [1.29, 1.82) is 0 Å². The van der Waals surface area contributed by atoms with Crippen LogP contribution in [0.15, 0.2) is 60.0 Å². The molecule has 3 aromatic heterocycles. The van der Waals surface area contributed by atoms with Gasteiger partial charge in [0.25, 0.3) is 0 Å². The van der Waals surface area contributed by atoms with E-state index in [0.29, 0.717) is 0 Å². The fourth-order valence-electron chi connectivity index (χ4n) is 2.41. The predicted octanol–water partition coefficient (Wildman–Crippen LogP) is 3.37. The van der Waals surface area contributed by atoms with Gasteiger partial charge in [0.1, 0.15) is 5.75 Å². The van der Waals surface area contributed by atoms with Crippen molar-refractivity contribution in [1.82, 2.24) is 19.5 Å². The Morgan fingerprint density at radius 2 is 2.19 bits per heavy atom. The van der Waals surface area contributed by atoms with Crippen molar-refractivity contribution < 1.29 is 19.9 Å². The van der Waals surface area contributed by atoms with Gasteiger partial charge < -0.3 is 14.3 Å². The fourth-order valence-corrected chi connectivity index (χ4v) is 3.49. The Kier molecular flexibility index (Phi) is 2.52. The molecule has 0 fully saturated rings. The van der Waals surface area contributed by atoms with Crippen molar-refractivity contribution >= 4 is 21.8 Å². The molecule has 0 radical (unpaired) electrons. The van der Waals surface area contributed by atoms with Crippen LogP contribution in [-0.2, 0) is 16.6 Å². The lowest BCUT2D eigenvalue weighted by atomic mass is 10.2. The molecule has 0 bridgehead atoms. The molecule has 132 valence electrons. The number of nitrogens with one attached hydrogen (secondary N) is 1. The highest BCUT2D eigenvalue weighted by Crippen LogP contribution is 2.22. The molecule has 0 saturated carbocycles. The number of H-pyrrole nitrogens is 1. The van der Waals surface area contributed by atoms with Crippen LogP contribution in [0.5, 0.6) is 5.75 Å². The highest BCUT2D eigenvalue weighted by molar-refractivity contribution is 7.84. The van der Waals surface area contributed by atoms with E-state index in [2.05, 4.69) is 15.0 Å². The molecule has 1 atom stereocenters. The highest BCUT2D eigenvalue weighted by Gasteiger charge is 2.15. The molecule has 0 aliphatic heterocycles. The van der Waals surface area contributed by atoms with Crippen LogP contribution >= 0.6 is 0 Å². The third kappa shape index (κ3) is 3.01. The monoisotopic (exact) mass is 374 g/mol. The number of nitrogens with zero attached hydrogens (tertiary/aromatic N) is 3. The van der Waals surface area contributed by atoms with Crippen LogP contribution in [0.4, 0.5) is 0 Å². The minimum absolute atomic E-state index is 0.0213. The fraction of sp³-hybridized carbons (Fsp3) is 0.158. The van der Waals surface area contributed by atoms with E-state index in [1.807, 2.05) is 0 Å². The second kappa shape index (κ2) is 6.76. The summed E-state index contributed by atoms with van der Waals surface area (Å²) in [6.45, 7) is 1.45. The Bertz CT molecular complexity index is 1430. The first kappa shape index (κ1) is 9.68. The summed E-state index contributed by atoms with van der Waals surface area (Å²) in [4.78, 5) is 10.9. The lowest BCUT2D eigenvalue weighted by molar-refractivity contribution is 0.410. The van der Waals surface area contributed by atoms with E-state index in [0.717, 1.165) is 0 Å². The summed E-state index contributed by atoms with van der Waals surface area (Å²) in [5.74, 6) is -0.623. The van der Waals surface area contributed by atoms with Gasteiger partial charge in [0.05, 0.1) is 51.3 Å². The average Bonchev–Trinajstić information content (AvgIpc) is 3.43. The molecule has 0 spiro atoms. The quantitative estimate of drug-likeness (QED) is 0.581. The molecule has 0 amide bonds. The number of hydrogen-bond acceptors (Lipinski definition) is 4. The molecule has 0 aliphatic rings. The lowest BCUT2D eigenvalue weighted by Gasteiger charge is -2.08. The maximum Gasteiger partial charge on any atom is 0.197 e. The van der Waals surface area contributed by atoms with Crippen LogP contribution in [0, 0.1) is 6.92 Å². The van der Waals surface area contributed by atoms with E-state index < -0.39 is 30.1 Å². The van der Waals surface area contributed by atoms with Crippen molar-refractivity contribution in [2.75, 3.05) is 7.04 Å². The largest absolute Gasteiger partial charge is 0.496 e. The number of imidazole rings is 1. The van der Waals surface area contributed by atoms with E-state index in [9.17, 15) is 4.21 Å². The Morgan fingerprint density at radius 3 is 3.00 bits per heavy atom. The van der Waals surface area contributed by atoms with Crippen LogP contribution < -0.4 is 4.74 Å². The number of fused-ring (bicyclic) bond motifs is 1. The standard InChI is InChI=1S/C19H18N4O2S/c1-13-17(20-8-7-18(13)25-2)12-26(24)19-21-15-6-5-14(11-16(15)22-19)23-9-3-4-10-23/h3-11H,12H2,1-2H3,(H,21,22)/i2D3,5D,6D,7D,8D,11D. The SMILES string of the molecule is [2H]c1nc(CS(=O)c2nc3c([2H])c([2H])c(-n4cccc4)c([2H])c3[nH]2)c(C)c(OC([2H])([2H])[2H])c1[2H]. The number of benzene rings is 1. The summed E-state index contributed by atoms with van der Waals surface area (Å²) in [6.07, 6.45) is 2.76. The Hall–Kier alpha value is -2.93. The number of aromatic amines is 1. The normalized spacial score (nSPS) is 17.3. The van der Waals surface area contributed by atoms with Gasteiger partial charge in [0.2, 0.25) is 0 Å². The zero-order valence-corrected chi connectivity index (χ0v) is 14.4. The zero-order valence-electron chi connectivity index (χ0n) is 21.6. The topological polar surface area (TPSA) is 72.8 Å². The van der Waals surface area contributed by atoms with Crippen molar-refractivity contribution in [2.24, 2.45) is 0 Å². The minimum Gasteiger partial charge on any atom is -0.496 e. The van der Waals surface area contributed by atoms with Gasteiger partial charge in [-0.25, -0.2) is 4.98 Å². The van der Waals surface area contributed by atoms with Gasteiger partial charge in [0, 0.05) is 29.8 Å². The highest BCUT2D eigenvalue weighted by atomic mass is 32.2. The summed E-state index contributed by atoms with van der Waals surface area (Å²) in [6, 6.07) is 2.43. The van der Waals surface area contributed by atoms with E-state index in [4.69, 9.17) is 15.7 Å². The van der Waals surface area contributed by atoms with Gasteiger partial charge in [0.15, 0.2) is 5.16 Å². The number of methoxy groups -OCH3 is 1. The molecule has 1 N–H and O–H groups in total. The second-order valence-electron chi connectivity index (χ2n) is 5.42. The van der Waals surface area contributed by atoms with Gasteiger partial charge in [-0.3, -0.25) is 9.19 Å². The second-order valence-corrected chi connectivity index (χ2v) is 6.79. The minimum atomic E-state index is -2.84. The first-order chi connectivity index (χ1) is 15.9. The third-order valence-electron chi connectivity index (χ3n) is 3.81. The zero-order chi connectivity index (χ0) is 24.9. The number of pyridine rings is 1. The Morgan fingerprint density at radius 1 is 1.35 bits per heavy atom. The summed E-state index contributed by atoms with van der Waals surface area (Å²) in [7, 11) is -4.74. The molecule has 1 aromatic carbocycles. The smallest absolute Gasteiger partial charge is 0.197 e. The van der Waals surface area contributed by atoms with Crippen LogP contribution in [-0.4, -0.2) is 30.8 Å². The molecular weight excluding hydrogens is 348 g/mol. The van der Waals surface area contributed by atoms with Crippen molar-refractivity contribution in [3.05, 3.63) is 66.1 Å². The van der Waals surface area contributed by atoms with Gasteiger partial charge in [-0.1, -0.05) is 0 Å². The van der Waals surface area contributed by atoms with Gasteiger partial charge in [-0.15, -0.1) is 0 Å². The van der Waals surface area contributed by atoms with Crippen molar-refractivity contribution in [2.45, 2.75) is 17.8 Å². The number of aromatic nitrogens is 4. The molecule has 4 aromatic rings. The summed E-state index contributed by atoms with van der Waals surface area (Å²) in [5.41, 5.74) is 0.593. The molecule has 0 saturated heterocycles. The summed E-state index contributed by atoms with van der Waals surface area (Å²) >= 11 is 0. The van der Waals surface area contributed by atoms with E-state index in [1.165, 1.54) is 11.5 Å². The van der Waals surface area contributed by atoms with E-state index in [-0.39, 0.29) is 62.8 Å². The number of ether oxygens (including phenoxy) is 1. The van der Waals surface area contributed by atoms with Gasteiger partial charge in [-0.05, 0) is 43.2 Å². The maximum atomic E-state index is 13.1. The van der Waals surface area contributed by atoms with Crippen LogP contribution in [0.25, 0.3) is 16.7 Å². The first-order valence-electron chi connectivity index (χ1n) is 11.6. The predicted molar refractivity (Wildman–Crippen MR) is 101 cm³/mol. The molecule has 26 heavy (non-hydrogen) atoms. The lowest BCUT2D eigenvalue weighted by Crippen LogP contribution is -2.03. The molecular formula is C19H18N4O2S. The third-order valence-corrected chi connectivity index (χ3v) is 4.97. The molecule has 0 aliphatic carbocycles. The Balaban J connectivity index is 1.75. The van der Waals surface area contributed by atoms with Gasteiger partial charge in [-0.2, -0.15) is 0 Å². The number of rotatable bonds is 5. The molecule has 1 unspecified atom stereocenters. The van der Waals surface area contributed by atoms with Gasteiger partial charge >= 0.3 is 0 Å². The van der Waals surface area contributed by atoms with Crippen molar-refractivity contribution in [3.63, 3.8) is 0 Å². The van der Waals surface area contributed by atoms with Crippen molar-refractivity contribution in [3.8, 4) is 11.4 Å². The number of hydrogen-bond donors (Lipinski definition) is 1. The molecule has 4 rings (SSSR count). The molecule has 3 heterocycles. The summed E-state index contributed by atoms with van der Waals surface area (Å²) < 4.78 is 82.2. The first-order valence-corrected chi connectivity index (χ1v) is 8.87. The van der Waals surface area contributed by atoms with Crippen LogP contribution in [0.1, 0.15) is 22.2 Å². The average molecular weight is 374 g/mol. The van der Waals surface area contributed by atoms with Crippen LogP contribution in [0.2, 0.25) is 0 Å². The molecule has 6 nitrogen and oxygen atoms in total. The Labute approximate surface area is 164 Å². The van der Waals surface area contributed by atoms with Crippen LogP contribution in [0.3, 0.4) is 0 Å².